The Balaban J connectivity index is 2.21. The lowest BCUT2D eigenvalue weighted by Gasteiger charge is -2.07. The molecule has 2 rings (SSSR count). The Bertz CT molecular complexity index is 636. The van der Waals surface area contributed by atoms with Crippen molar-refractivity contribution in [1.82, 2.24) is 9.97 Å². The standard InChI is InChI=1S/C12H11ClN4O3/c1-2-14-11-6-12(16-7-15-11)20-10-4-3-8(17(18)19)5-9(10)13/h3-7H,2H2,1H3,(H,14,15,16). The molecule has 1 heterocycles. The van der Waals surface area contributed by atoms with E-state index in [4.69, 9.17) is 16.3 Å². The lowest BCUT2D eigenvalue weighted by atomic mass is 10.3. The molecule has 0 spiro atoms. The Labute approximate surface area is 119 Å². The second-order valence-corrected chi connectivity index (χ2v) is 4.15. The van der Waals surface area contributed by atoms with Gasteiger partial charge in [-0.2, -0.15) is 0 Å². The van der Waals surface area contributed by atoms with E-state index >= 15 is 0 Å². The molecule has 0 amide bonds. The fourth-order valence-corrected chi connectivity index (χ4v) is 1.69. The van der Waals surface area contributed by atoms with Crippen molar-refractivity contribution in [3.05, 3.63) is 45.7 Å². The molecule has 0 fully saturated rings. The van der Waals surface area contributed by atoms with Crippen LogP contribution in [-0.4, -0.2) is 21.4 Å². The first-order valence-electron chi connectivity index (χ1n) is 5.78. The third kappa shape index (κ3) is 3.33. The molecule has 0 aliphatic rings. The normalized spacial score (nSPS) is 10.1. The quantitative estimate of drug-likeness (QED) is 0.672. The van der Waals surface area contributed by atoms with Crippen molar-refractivity contribution in [3.63, 3.8) is 0 Å². The van der Waals surface area contributed by atoms with Crippen molar-refractivity contribution >= 4 is 23.1 Å². The molecule has 2 aromatic rings. The van der Waals surface area contributed by atoms with Crippen molar-refractivity contribution in [1.29, 1.82) is 0 Å². The van der Waals surface area contributed by atoms with Crippen LogP contribution in [0.15, 0.2) is 30.6 Å². The van der Waals surface area contributed by atoms with Gasteiger partial charge in [0.05, 0.1) is 9.95 Å². The highest BCUT2D eigenvalue weighted by Crippen LogP contribution is 2.31. The molecule has 20 heavy (non-hydrogen) atoms. The number of aromatic nitrogens is 2. The zero-order valence-electron chi connectivity index (χ0n) is 10.5. The molecule has 7 nitrogen and oxygen atoms in total. The predicted molar refractivity (Wildman–Crippen MR) is 74.4 cm³/mol. The summed E-state index contributed by atoms with van der Waals surface area (Å²) in [5, 5.41) is 13.8. The van der Waals surface area contributed by atoms with Gasteiger partial charge in [0, 0.05) is 24.7 Å². The second-order valence-electron chi connectivity index (χ2n) is 3.75. The van der Waals surface area contributed by atoms with Gasteiger partial charge >= 0.3 is 0 Å². The Morgan fingerprint density at radius 1 is 1.40 bits per heavy atom. The average Bonchev–Trinajstić information content (AvgIpc) is 2.42. The Kier molecular flexibility index (Phi) is 4.31. The number of anilines is 1. The zero-order valence-corrected chi connectivity index (χ0v) is 11.3. The summed E-state index contributed by atoms with van der Waals surface area (Å²) in [4.78, 5) is 18.0. The van der Waals surface area contributed by atoms with E-state index in [1.54, 1.807) is 6.07 Å². The van der Waals surface area contributed by atoms with Crippen LogP contribution in [0.5, 0.6) is 11.6 Å². The van der Waals surface area contributed by atoms with Crippen LogP contribution in [-0.2, 0) is 0 Å². The predicted octanol–water partition coefficient (Wildman–Crippen LogP) is 3.26. The van der Waals surface area contributed by atoms with Crippen LogP contribution in [0.2, 0.25) is 5.02 Å². The molecule has 1 N–H and O–H groups in total. The lowest BCUT2D eigenvalue weighted by molar-refractivity contribution is -0.384. The number of nitrogens with one attached hydrogen (secondary N) is 1. The molecule has 104 valence electrons. The minimum absolute atomic E-state index is 0.0987. The first-order valence-corrected chi connectivity index (χ1v) is 6.15. The van der Waals surface area contributed by atoms with E-state index in [-0.39, 0.29) is 10.7 Å². The van der Waals surface area contributed by atoms with Crippen molar-refractivity contribution < 1.29 is 9.66 Å². The maximum absolute atomic E-state index is 10.6. The van der Waals surface area contributed by atoms with Crippen molar-refractivity contribution in [2.45, 2.75) is 6.92 Å². The molecule has 0 radical (unpaired) electrons. The van der Waals surface area contributed by atoms with E-state index in [2.05, 4.69) is 15.3 Å². The van der Waals surface area contributed by atoms with E-state index < -0.39 is 4.92 Å². The first-order chi connectivity index (χ1) is 9.60. The molecule has 1 aromatic carbocycles. The van der Waals surface area contributed by atoms with E-state index in [9.17, 15) is 10.1 Å². The summed E-state index contributed by atoms with van der Waals surface area (Å²) in [6, 6.07) is 5.58. The van der Waals surface area contributed by atoms with Gasteiger partial charge in [-0.25, -0.2) is 9.97 Å². The fraction of sp³-hybridized carbons (Fsp3) is 0.167. The minimum Gasteiger partial charge on any atom is -0.437 e. The summed E-state index contributed by atoms with van der Waals surface area (Å²) in [7, 11) is 0. The van der Waals surface area contributed by atoms with Crippen LogP contribution in [0.4, 0.5) is 11.5 Å². The van der Waals surface area contributed by atoms with E-state index in [0.717, 1.165) is 6.54 Å². The largest absolute Gasteiger partial charge is 0.437 e. The van der Waals surface area contributed by atoms with Crippen LogP contribution < -0.4 is 10.1 Å². The van der Waals surface area contributed by atoms with Gasteiger partial charge in [0.2, 0.25) is 5.88 Å². The number of nitrogens with zero attached hydrogens (tertiary/aromatic N) is 3. The minimum atomic E-state index is -0.524. The van der Waals surface area contributed by atoms with Gasteiger partial charge in [0.1, 0.15) is 17.9 Å². The van der Waals surface area contributed by atoms with Crippen LogP contribution in [0.1, 0.15) is 6.92 Å². The number of hydrogen-bond donors (Lipinski definition) is 1. The van der Waals surface area contributed by atoms with Crippen molar-refractivity contribution in [2.75, 3.05) is 11.9 Å². The van der Waals surface area contributed by atoms with Gasteiger partial charge in [-0.15, -0.1) is 0 Å². The maximum Gasteiger partial charge on any atom is 0.271 e. The molecule has 0 bridgehead atoms. The number of hydrogen-bond acceptors (Lipinski definition) is 6. The lowest BCUT2D eigenvalue weighted by Crippen LogP contribution is -2.00. The highest BCUT2D eigenvalue weighted by Gasteiger charge is 2.11. The van der Waals surface area contributed by atoms with Crippen LogP contribution >= 0.6 is 11.6 Å². The monoisotopic (exact) mass is 294 g/mol. The number of nitro groups is 1. The molecular weight excluding hydrogens is 284 g/mol. The third-order valence-electron chi connectivity index (χ3n) is 2.34. The van der Waals surface area contributed by atoms with Gasteiger partial charge in [0.25, 0.3) is 5.69 Å². The number of benzene rings is 1. The summed E-state index contributed by atoms with van der Waals surface area (Å²) in [6.07, 6.45) is 1.35. The SMILES string of the molecule is CCNc1cc(Oc2ccc([N+](=O)[O-])cc2Cl)ncn1. The molecule has 8 heteroatoms. The van der Waals surface area contributed by atoms with Gasteiger partial charge in [-0.3, -0.25) is 10.1 Å². The summed E-state index contributed by atoms with van der Waals surface area (Å²) in [5.74, 6) is 1.21. The summed E-state index contributed by atoms with van der Waals surface area (Å²) >= 11 is 5.94. The smallest absolute Gasteiger partial charge is 0.271 e. The molecule has 1 aromatic heterocycles. The van der Waals surface area contributed by atoms with E-state index in [1.165, 1.54) is 24.5 Å². The Morgan fingerprint density at radius 3 is 2.85 bits per heavy atom. The maximum atomic E-state index is 10.6. The number of non-ortho nitro benzene ring substituents is 1. The molecular formula is C12H11ClN4O3. The number of nitro benzene ring substituents is 1. The molecule has 0 aliphatic heterocycles. The van der Waals surface area contributed by atoms with E-state index in [0.29, 0.717) is 17.4 Å². The highest BCUT2D eigenvalue weighted by molar-refractivity contribution is 6.32. The molecule has 0 saturated heterocycles. The summed E-state index contributed by atoms with van der Waals surface area (Å²) < 4.78 is 5.49. The van der Waals surface area contributed by atoms with Crippen molar-refractivity contribution in [3.8, 4) is 11.6 Å². The molecule has 0 unspecified atom stereocenters. The summed E-state index contributed by atoms with van der Waals surface area (Å²) in [6.45, 7) is 2.66. The molecule has 0 aliphatic carbocycles. The Morgan fingerprint density at radius 2 is 2.20 bits per heavy atom. The Hall–Kier alpha value is -2.41. The van der Waals surface area contributed by atoms with Crippen molar-refractivity contribution in [2.24, 2.45) is 0 Å². The molecule has 0 saturated carbocycles. The number of ether oxygens (including phenoxy) is 1. The second kappa shape index (κ2) is 6.16. The van der Waals surface area contributed by atoms with Gasteiger partial charge in [-0.05, 0) is 13.0 Å². The van der Waals surface area contributed by atoms with E-state index in [1.807, 2.05) is 6.92 Å². The topological polar surface area (TPSA) is 90.2 Å². The number of rotatable bonds is 5. The van der Waals surface area contributed by atoms with Gasteiger partial charge in [-0.1, -0.05) is 11.6 Å². The molecule has 0 atom stereocenters. The zero-order chi connectivity index (χ0) is 14.5. The van der Waals surface area contributed by atoms with Crippen LogP contribution in [0, 0.1) is 10.1 Å². The first kappa shape index (κ1) is 14.0. The fourth-order valence-electron chi connectivity index (χ4n) is 1.47. The third-order valence-corrected chi connectivity index (χ3v) is 2.64. The van der Waals surface area contributed by atoms with Gasteiger partial charge < -0.3 is 10.1 Å². The average molecular weight is 295 g/mol. The van der Waals surface area contributed by atoms with Crippen LogP contribution in [0.25, 0.3) is 0 Å². The summed E-state index contributed by atoms with van der Waals surface area (Å²) in [5.41, 5.74) is -0.0987. The van der Waals surface area contributed by atoms with Gasteiger partial charge in [0.15, 0.2) is 0 Å². The van der Waals surface area contributed by atoms with Crippen LogP contribution in [0.3, 0.4) is 0 Å². The highest BCUT2D eigenvalue weighted by atomic mass is 35.5. The number of halogens is 1.